The number of aliphatic imine (C=N–C) groups is 1. The van der Waals surface area contributed by atoms with Crippen molar-refractivity contribution in [1.29, 1.82) is 0 Å². The zero-order valence-electron chi connectivity index (χ0n) is 16.6. The summed E-state index contributed by atoms with van der Waals surface area (Å²) < 4.78 is 5.93. The van der Waals surface area contributed by atoms with Crippen LogP contribution in [0.15, 0.2) is 23.2 Å². The molecule has 25 heavy (non-hydrogen) atoms. The smallest absolute Gasteiger partial charge is 0.191 e. The van der Waals surface area contributed by atoms with E-state index in [4.69, 9.17) is 9.73 Å². The molecule has 0 amide bonds. The molecule has 144 valence electrons. The molecule has 1 aromatic rings. The van der Waals surface area contributed by atoms with E-state index in [1.54, 1.807) is 0 Å². The molecule has 0 radical (unpaired) electrons. The van der Waals surface area contributed by atoms with Gasteiger partial charge in [0, 0.05) is 18.7 Å². The Kier molecular flexibility index (Phi) is 12.7. The summed E-state index contributed by atoms with van der Waals surface area (Å²) in [6, 6.07) is 6.30. The Morgan fingerprint density at radius 1 is 1.24 bits per heavy atom. The molecule has 0 fully saturated rings. The minimum absolute atomic E-state index is 0. The highest BCUT2D eigenvalue weighted by atomic mass is 127. The summed E-state index contributed by atoms with van der Waals surface area (Å²) >= 11 is 0. The van der Waals surface area contributed by atoms with Gasteiger partial charge in [-0.15, -0.1) is 24.0 Å². The van der Waals surface area contributed by atoms with Crippen LogP contribution < -0.4 is 15.4 Å². The van der Waals surface area contributed by atoms with Gasteiger partial charge in [-0.2, -0.15) is 0 Å². The molecule has 0 aliphatic rings. The number of halogens is 1. The summed E-state index contributed by atoms with van der Waals surface area (Å²) in [6.07, 6.45) is 1.25. The Hall–Kier alpha value is -1.02. The quantitative estimate of drug-likeness (QED) is 0.256. The van der Waals surface area contributed by atoms with Crippen LogP contribution in [0.3, 0.4) is 0 Å². The summed E-state index contributed by atoms with van der Waals surface area (Å²) in [7, 11) is 4.18. The maximum absolute atomic E-state index is 5.93. The van der Waals surface area contributed by atoms with Gasteiger partial charge in [-0.05, 0) is 66.4 Å². The molecule has 0 saturated carbocycles. The van der Waals surface area contributed by atoms with Crippen LogP contribution in [-0.4, -0.2) is 50.7 Å². The first kappa shape index (κ1) is 24.0. The fourth-order valence-corrected chi connectivity index (χ4v) is 2.26. The number of aryl methyl sites for hydroxylation is 1. The largest absolute Gasteiger partial charge is 0.491 e. The minimum atomic E-state index is 0. The fraction of sp³-hybridized carbons (Fsp3) is 0.632. The van der Waals surface area contributed by atoms with Crippen molar-refractivity contribution < 1.29 is 4.74 Å². The summed E-state index contributed by atoms with van der Waals surface area (Å²) in [5.74, 6) is 1.78. The molecule has 0 atom stereocenters. The number of benzene rings is 1. The Bertz CT molecular complexity index is 518. The zero-order valence-corrected chi connectivity index (χ0v) is 18.9. The third kappa shape index (κ3) is 10.5. The van der Waals surface area contributed by atoms with Crippen LogP contribution >= 0.6 is 24.0 Å². The second-order valence-corrected chi connectivity index (χ2v) is 6.56. The summed E-state index contributed by atoms with van der Waals surface area (Å²) in [5, 5.41) is 6.69. The van der Waals surface area contributed by atoms with Gasteiger partial charge in [0.05, 0.1) is 12.6 Å². The summed E-state index contributed by atoms with van der Waals surface area (Å²) in [4.78, 5) is 6.89. The molecule has 5 nitrogen and oxygen atoms in total. The van der Waals surface area contributed by atoms with Gasteiger partial charge in [-0.25, -0.2) is 4.99 Å². The van der Waals surface area contributed by atoms with Gasteiger partial charge < -0.3 is 20.3 Å². The Morgan fingerprint density at radius 2 is 1.96 bits per heavy atom. The lowest BCUT2D eigenvalue weighted by molar-refractivity contribution is 0.240. The number of nitrogens with zero attached hydrogens (tertiary/aromatic N) is 2. The predicted molar refractivity (Wildman–Crippen MR) is 118 cm³/mol. The normalized spacial score (nSPS) is 11.4. The van der Waals surface area contributed by atoms with E-state index in [1.165, 1.54) is 5.56 Å². The van der Waals surface area contributed by atoms with Crippen molar-refractivity contribution >= 4 is 29.9 Å². The highest BCUT2D eigenvalue weighted by Gasteiger charge is 2.06. The van der Waals surface area contributed by atoms with Crippen LogP contribution in [0, 0.1) is 6.92 Å². The number of hydrogen-bond acceptors (Lipinski definition) is 3. The van der Waals surface area contributed by atoms with E-state index in [-0.39, 0.29) is 30.1 Å². The fourth-order valence-electron chi connectivity index (χ4n) is 2.26. The van der Waals surface area contributed by atoms with Crippen molar-refractivity contribution in [1.82, 2.24) is 15.5 Å². The van der Waals surface area contributed by atoms with E-state index in [2.05, 4.69) is 61.7 Å². The van der Waals surface area contributed by atoms with E-state index in [1.807, 2.05) is 13.8 Å². The van der Waals surface area contributed by atoms with Gasteiger partial charge in [0.2, 0.25) is 0 Å². The third-order valence-corrected chi connectivity index (χ3v) is 3.41. The molecule has 0 aliphatic heterocycles. The molecule has 1 aromatic carbocycles. The first-order valence-corrected chi connectivity index (χ1v) is 8.85. The van der Waals surface area contributed by atoms with Gasteiger partial charge in [-0.3, -0.25) is 0 Å². The molecule has 0 saturated heterocycles. The van der Waals surface area contributed by atoms with Crippen LogP contribution in [0.4, 0.5) is 0 Å². The summed E-state index contributed by atoms with van der Waals surface area (Å²) in [5.41, 5.74) is 2.31. The lowest BCUT2D eigenvalue weighted by atomic mass is 10.1. The number of hydrogen-bond donors (Lipinski definition) is 2. The second kappa shape index (κ2) is 13.2. The molecule has 0 aromatic heterocycles. The molecular weight excluding hydrogens is 427 g/mol. The SMILES string of the molecule is CCNC(=NCc1ccc(C)cc1OC(C)C)NCCCN(C)C.I. The van der Waals surface area contributed by atoms with E-state index in [0.29, 0.717) is 6.54 Å². The maximum Gasteiger partial charge on any atom is 0.191 e. The molecule has 0 heterocycles. The number of nitrogens with one attached hydrogen (secondary N) is 2. The number of ether oxygens (including phenoxy) is 1. The van der Waals surface area contributed by atoms with Crippen LogP contribution in [0.1, 0.15) is 38.3 Å². The molecule has 0 bridgehead atoms. The number of rotatable bonds is 9. The van der Waals surface area contributed by atoms with Crippen molar-refractivity contribution in [2.24, 2.45) is 4.99 Å². The Labute approximate surface area is 170 Å². The standard InChI is InChI=1S/C19H34N4O.HI/c1-7-20-19(21-11-8-12-23(5)6)22-14-17-10-9-16(4)13-18(17)24-15(2)3;/h9-10,13,15H,7-8,11-12,14H2,1-6H3,(H2,20,21,22);1H. The maximum atomic E-state index is 5.93. The zero-order chi connectivity index (χ0) is 17.9. The molecule has 0 spiro atoms. The Balaban J connectivity index is 0.00000576. The monoisotopic (exact) mass is 462 g/mol. The van der Waals surface area contributed by atoms with E-state index >= 15 is 0 Å². The Morgan fingerprint density at radius 3 is 2.56 bits per heavy atom. The van der Waals surface area contributed by atoms with Gasteiger partial charge >= 0.3 is 0 Å². The molecule has 0 unspecified atom stereocenters. The van der Waals surface area contributed by atoms with Gasteiger partial charge in [0.1, 0.15) is 5.75 Å². The average Bonchev–Trinajstić information content (AvgIpc) is 2.49. The van der Waals surface area contributed by atoms with Crippen molar-refractivity contribution in [3.63, 3.8) is 0 Å². The van der Waals surface area contributed by atoms with Gasteiger partial charge in [0.15, 0.2) is 5.96 Å². The van der Waals surface area contributed by atoms with Crippen molar-refractivity contribution in [2.75, 3.05) is 33.7 Å². The number of guanidine groups is 1. The van der Waals surface area contributed by atoms with Crippen molar-refractivity contribution in [3.8, 4) is 5.75 Å². The molecule has 6 heteroatoms. The highest BCUT2D eigenvalue weighted by molar-refractivity contribution is 14.0. The van der Waals surface area contributed by atoms with Crippen LogP contribution in [0.2, 0.25) is 0 Å². The van der Waals surface area contributed by atoms with Crippen molar-refractivity contribution in [2.45, 2.75) is 46.8 Å². The van der Waals surface area contributed by atoms with E-state index < -0.39 is 0 Å². The third-order valence-electron chi connectivity index (χ3n) is 3.41. The first-order chi connectivity index (χ1) is 11.4. The second-order valence-electron chi connectivity index (χ2n) is 6.56. The predicted octanol–water partition coefficient (Wildman–Crippen LogP) is 3.41. The minimum Gasteiger partial charge on any atom is -0.491 e. The van der Waals surface area contributed by atoms with Crippen molar-refractivity contribution in [3.05, 3.63) is 29.3 Å². The lowest BCUT2D eigenvalue weighted by Crippen LogP contribution is -2.38. The van der Waals surface area contributed by atoms with Gasteiger partial charge in [-0.1, -0.05) is 12.1 Å². The van der Waals surface area contributed by atoms with Crippen LogP contribution in [-0.2, 0) is 6.54 Å². The van der Waals surface area contributed by atoms with Crippen LogP contribution in [0.25, 0.3) is 0 Å². The average molecular weight is 462 g/mol. The highest BCUT2D eigenvalue weighted by Crippen LogP contribution is 2.22. The first-order valence-electron chi connectivity index (χ1n) is 8.85. The topological polar surface area (TPSA) is 48.9 Å². The molecule has 1 rings (SSSR count). The van der Waals surface area contributed by atoms with E-state index in [0.717, 1.165) is 43.3 Å². The molecule has 2 N–H and O–H groups in total. The lowest BCUT2D eigenvalue weighted by Gasteiger charge is -2.16. The van der Waals surface area contributed by atoms with Crippen LogP contribution in [0.5, 0.6) is 5.75 Å². The molecule has 0 aliphatic carbocycles. The molecular formula is C19H35IN4O. The van der Waals surface area contributed by atoms with Gasteiger partial charge in [0.25, 0.3) is 0 Å². The summed E-state index contributed by atoms with van der Waals surface area (Å²) in [6.45, 7) is 11.7. The van der Waals surface area contributed by atoms with E-state index in [9.17, 15) is 0 Å².